The topological polar surface area (TPSA) is 68.3 Å². The van der Waals surface area contributed by atoms with E-state index in [2.05, 4.69) is 6.92 Å². The molecule has 0 spiro atoms. The number of hydrogen-bond donors (Lipinski definition) is 0. The van der Waals surface area contributed by atoms with Crippen LogP contribution in [0.4, 0.5) is 11.4 Å². The van der Waals surface area contributed by atoms with Crippen LogP contribution in [0.25, 0.3) is 10.8 Å². The Morgan fingerprint density at radius 1 is 0.800 bits per heavy atom. The molecule has 3 atom stereocenters. The normalized spacial score (nSPS) is 20.3. The molecule has 7 nitrogen and oxygen atoms in total. The molecule has 204 valence electrons. The van der Waals surface area contributed by atoms with Crippen LogP contribution >= 0.6 is 0 Å². The summed E-state index contributed by atoms with van der Waals surface area (Å²) in [6, 6.07) is 28.2. The van der Waals surface area contributed by atoms with Gasteiger partial charge < -0.3 is 9.47 Å². The zero-order chi connectivity index (χ0) is 27.6. The Balaban J connectivity index is 1.42. The van der Waals surface area contributed by atoms with Crippen LogP contribution in [0.1, 0.15) is 38.3 Å². The number of carbonyl (C=O) groups excluding carboxylic acids is 2. The lowest BCUT2D eigenvalue weighted by Gasteiger charge is -2.29. The van der Waals surface area contributed by atoms with E-state index in [0.717, 1.165) is 34.9 Å². The average Bonchev–Trinajstić information content (AvgIpc) is 3.49. The van der Waals surface area contributed by atoms with Crippen molar-refractivity contribution in [3.05, 3.63) is 96.6 Å². The van der Waals surface area contributed by atoms with Gasteiger partial charge in [-0.25, -0.2) is 9.96 Å². The van der Waals surface area contributed by atoms with Gasteiger partial charge in [0.05, 0.1) is 30.6 Å². The zero-order valence-electron chi connectivity index (χ0n) is 22.7. The van der Waals surface area contributed by atoms with Crippen molar-refractivity contribution in [3.8, 4) is 11.5 Å². The highest BCUT2D eigenvalue weighted by Gasteiger charge is 2.60. The van der Waals surface area contributed by atoms with Gasteiger partial charge >= 0.3 is 0 Å². The lowest BCUT2D eigenvalue weighted by molar-refractivity contribution is -0.126. The molecule has 2 aliphatic heterocycles. The van der Waals surface area contributed by atoms with Crippen LogP contribution in [0.5, 0.6) is 11.5 Å². The predicted molar refractivity (Wildman–Crippen MR) is 154 cm³/mol. The van der Waals surface area contributed by atoms with Gasteiger partial charge in [0.1, 0.15) is 5.92 Å². The Morgan fingerprint density at radius 2 is 1.57 bits per heavy atom. The molecule has 6 rings (SSSR count). The molecule has 40 heavy (non-hydrogen) atoms. The Bertz CT molecular complexity index is 1530. The van der Waals surface area contributed by atoms with E-state index in [1.54, 1.807) is 5.06 Å². The molecular weight excluding hydrogens is 504 g/mol. The molecule has 2 fully saturated rings. The standard InChI is InChI=1S/C33H32N2O5/c1-3-5-20-39-27-19-18-23(21-28(27)38-4-2)30-29-31(40-35(30)24-14-7-6-8-15-24)33(37)34(32(29)36)26-17-11-13-22-12-9-10-16-25(22)26/h6-19,21,29-31H,3-5,20H2,1-2H3/t29-,30+,31+/m1/s1. The van der Waals surface area contributed by atoms with Gasteiger partial charge in [0.15, 0.2) is 17.6 Å². The number of para-hydroxylation sites is 1. The van der Waals surface area contributed by atoms with Gasteiger partial charge in [-0.05, 0) is 54.6 Å². The molecule has 0 N–H and O–H groups in total. The molecular formula is C33H32N2O5. The van der Waals surface area contributed by atoms with Crippen LogP contribution in [0, 0.1) is 5.92 Å². The van der Waals surface area contributed by atoms with Crippen molar-refractivity contribution in [1.82, 2.24) is 0 Å². The molecule has 2 saturated heterocycles. The second-order valence-electron chi connectivity index (χ2n) is 10.0. The maximum absolute atomic E-state index is 14.2. The molecule has 0 radical (unpaired) electrons. The fraction of sp³-hybridized carbons (Fsp3) is 0.273. The number of hydroxylamine groups is 1. The molecule has 2 aliphatic rings. The smallest absolute Gasteiger partial charge is 0.266 e. The number of ether oxygens (including phenoxy) is 2. The van der Waals surface area contributed by atoms with Gasteiger partial charge in [-0.3, -0.25) is 14.4 Å². The molecule has 7 heteroatoms. The summed E-state index contributed by atoms with van der Waals surface area (Å²) in [6.45, 7) is 5.10. The largest absolute Gasteiger partial charge is 0.490 e. The van der Waals surface area contributed by atoms with Crippen LogP contribution < -0.4 is 19.4 Å². The van der Waals surface area contributed by atoms with Crippen molar-refractivity contribution in [1.29, 1.82) is 0 Å². The number of nitrogens with zero attached hydrogens (tertiary/aromatic N) is 2. The van der Waals surface area contributed by atoms with Crippen molar-refractivity contribution < 1.29 is 23.9 Å². The highest BCUT2D eigenvalue weighted by Crippen LogP contribution is 2.49. The lowest BCUT2D eigenvalue weighted by Crippen LogP contribution is -2.37. The summed E-state index contributed by atoms with van der Waals surface area (Å²) in [5.74, 6) is -0.120. The van der Waals surface area contributed by atoms with E-state index >= 15 is 0 Å². The van der Waals surface area contributed by atoms with Crippen molar-refractivity contribution in [3.63, 3.8) is 0 Å². The highest BCUT2D eigenvalue weighted by molar-refractivity contribution is 6.26. The minimum Gasteiger partial charge on any atom is -0.490 e. The van der Waals surface area contributed by atoms with Gasteiger partial charge in [0, 0.05) is 5.39 Å². The number of rotatable bonds is 9. The van der Waals surface area contributed by atoms with Crippen LogP contribution in [-0.4, -0.2) is 31.1 Å². The fourth-order valence-electron chi connectivity index (χ4n) is 5.62. The third-order valence-corrected chi connectivity index (χ3v) is 7.50. The molecule has 4 aromatic rings. The Kier molecular flexibility index (Phi) is 7.13. The summed E-state index contributed by atoms with van der Waals surface area (Å²) in [7, 11) is 0. The summed E-state index contributed by atoms with van der Waals surface area (Å²) in [5.41, 5.74) is 2.15. The summed E-state index contributed by atoms with van der Waals surface area (Å²) in [5, 5.41) is 3.50. The van der Waals surface area contributed by atoms with Gasteiger partial charge in [0.25, 0.3) is 5.91 Å². The first kappa shape index (κ1) is 25.9. The first-order valence-corrected chi connectivity index (χ1v) is 13.9. The second kappa shape index (κ2) is 11.0. The SMILES string of the molecule is CCCCOc1ccc([C@H]2[C@H]3C(=O)N(c4cccc5ccccc45)C(=O)[C@H]3ON2c2ccccc2)cc1OCC. The number of anilines is 2. The third-order valence-electron chi connectivity index (χ3n) is 7.50. The highest BCUT2D eigenvalue weighted by atomic mass is 16.7. The Morgan fingerprint density at radius 3 is 2.38 bits per heavy atom. The first-order valence-electron chi connectivity index (χ1n) is 13.9. The van der Waals surface area contributed by atoms with Crippen LogP contribution in [0.2, 0.25) is 0 Å². The monoisotopic (exact) mass is 536 g/mol. The van der Waals surface area contributed by atoms with Crippen LogP contribution in [0.15, 0.2) is 91.0 Å². The number of unbranched alkanes of at least 4 members (excludes halogenated alkanes) is 1. The van der Waals surface area contributed by atoms with Gasteiger partial charge in [-0.2, -0.15) is 0 Å². The second-order valence-corrected chi connectivity index (χ2v) is 10.0. The van der Waals surface area contributed by atoms with Crippen molar-refractivity contribution in [2.24, 2.45) is 5.92 Å². The molecule has 0 bridgehead atoms. The maximum atomic E-state index is 14.2. The van der Waals surface area contributed by atoms with Gasteiger partial charge in [-0.15, -0.1) is 0 Å². The van der Waals surface area contributed by atoms with Gasteiger partial charge in [0.2, 0.25) is 5.91 Å². The number of benzene rings is 4. The van der Waals surface area contributed by atoms with Crippen molar-refractivity contribution in [2.45, 2.75) is 38.8 Å². The van der Waals surface area contributed by atoms with E-state index in [-0.39, 0.29) is 11.8 Å². The molecule has 0 aromatic heterocycles. The quantitative estimate of drug-likeness (QED) is 0.180. The number of carbonyl (C=O) groups is 2. The first-order chi connectivity index (χ1) is 19.6. The average molecular weight is 537 g/mol. The Labute approximate surface area is 233 Å². The Hall–Kier alpha value is -4.36. The molecule has 2 heterocycles. The summed E-state index contributed by atoms with van der Waals surface area (Å²) in [6.07, 6.45) is 1.02. The zero-order valence-corrected chi connectivity index (χ0v) is 22.7. The van der Waals surface area contributed by atoms with E-state index in [9.17, 15) is 9.59 Å². The lowest BCUT2D eigenvalue weighted by atomic mass is 9.90. The summed E-state index contributed by atoms with van der Waals surface area (Å²) in [4.78, 5) is 35.7. The fourth-order valence-corrected chi connectivity index (χ4v) is 5.62. The molecule has 0 unspecified atom stereocenters. The minimum absolute atomic E-state index is 0.281. The van der Waals surface area contributed by atoms with E-state index in [1.165, 1.54) is 4.90 Å². The third kappa shape index (κ3) is 4.46. The molecule has 2 amide bonds. The molecule has 0 aliphatic carbocycles. The van der Waals surface area contributed by atoms with Crippen LogP contribution in [0.3, 0.4) is 0 Å². The number of fused-ring (bicyclic) bond motifs is 2. The van der Waals surface area contributed by atoms with Gasteiger partial charge in [-0.1, -0.05) is 74.0 Å². The molecule has 4 aromatic carbocycles. The van der Waals surface area contributed by atoms with Crippen LogP contribution in [-0.2, 0) is 14.4 Å². The number of imide groups is 1. The van der Waals surface area contributed by atoms with E-state index < -0.39 is 18.1 Å². The molecule has 0 saturated carbocycles. The van der Waals surface area contributed by atoms with E-state index in [4.69, 9.17) is 14.3 Å². The van der Waals surface area contributed by atoms with Crippen molar-refractivity contribution in [2.75, 3.05) is 23.2 Å². The maximum Gasteiger partial charge on any atom is 0.266 e. The number of hydrogen-bond acceptors (Lipinski definition) is 6. The van der Waals surface area contributed by atoms with Crippen molar-refractivity contribution >= 4 is 34.0 Å². The summed E-state index contributed by atoms with van der Waals surface area (Å²) < 4.78 is 12.0. The summed E-state index contributed by atoms with van der Waals surface area (Å²) >= 11 is 0. The van der Waals surface area contributed by atoms with E-state index in [1.807, 2.05) is 97.9 Å². The van der Waals surface area contributed by atoms with E-state index in [0.29, 0.717) is 30.4 Å². The minimum atomic E-state index is -0.951. The predicted octanol–water partition coefficient (Wildman–Crippen LogP) is 6.47. The number of amides is 2.